The standard InChI is InChI=1S/C14H19F2NO/c1-18-14-8-12(15)10(7-13(14)16)6-9-2-4-11(17)5-3-9/h7-9,11H,2-6,17H2,1H3. The quantitative estimate of drug-likeness (QED) is 0.901. The third-order valence-corrected chi connectivity index (χ3v) is 3.72. The van der Waals surface area contributed by atoms with Gasteiger partial charge in [0.1, 0.15) is 5.82 Å². The van der Waals surface area contributed by atoms with Crippen LogP contribution in [-0.2, 0) is 6.42 Å². The normalized spacial score (nSPS) is 24.0. The molecule has 100 valence electrons. The van der Waals surface area contributed by atoms with E-state index in [2.05, 4.69) is 0 Å². The summed E-state index contributed by atoms with van der Waals surface area (Å²) >= 11 is 0. The first kappa shape index (κ1) is 13.3. The first-order valence-electron chi connectivity index (χ1n) is 6.37. The highest BCUT2D eigenvalue weighted by molar-refractivity contribution is 5.31. The van der Waals surface area contributed by atoms with Crippen LogP contribution in [0.25, 0.3) is 0 Å². The molecule has 0 spiro atoms. The molecule has 1 aliphatic rings. The lowest BCUT2D eigenvalue weighted by molar-refractivity contribution is 0.321. The van der Waals surface area contributed by atoms with Gasteiger partial charge in [-0.3, -0.25) is 0 Å². The molecule has 18 heavy (non-hydrogen) atoms. The van der Waals surface area contributed by atoms with Gasteiger partial charge in [0.25, 0.3) is 0 Å². The lowest BCUT2D eigenvalue weighted by Gasteiger charge is -2.26. The predicted octanol–water partition coefficient (Wildman–Crippen LogP) is 3.03. The molecular formula is C14H19F2NO. The van der Waals surface area contributed by atoms with Gasteiger partial charge in [0.15, 0.2) is 11.6 Å². The smallest absolute Gasteiger partial charge is 0.165 e. The fourth-order valence-electron chi connectivity index (χ4n) is 2.59. The Morgan fingerprint density at radius 2 is 1.83 bits per heavy atom. The van der Waals surface area contributed by atoms with E-state index in [4.69, 9.17) is 10.5 Å². The molecule has 2 nitrogen and oxygen atoms in total. The molecule has 1 aliphatic carbocycles. The lowest BCUT2D eigenvalue weighted by atomic mass is 9.82. The van der Waals surface area contributed by atoms with Gasteiger partial charge in [-0.05, 0) is 49.7 Å². The van der Waals surface area contributed by atoms with E-state index in [1.54, 1.807) is 0 Å². The summed E-state index contributed by atoms with van der Waals surface area (Å²) in [7, 11) is 1.33. The molecule has 0 atom stereocenters. The van der Waals surface area contributed by atoms with Crippen LogP contribution in [0.5, 0.6) is 5.75 Å². The number of hydrogen-bond acceptors (Lipinski definition) is 2. The summed E-state index contributed by atoms with van der Waals surface area (Å²) in [6.07, 6.45) is 4.53. The molecule has 0 bridgehead atoms. The van der Waals surface area contributed by atoms with E-state index in [0.717, 1.165) is 31.7 Å². The van der Waals surface area contributed by atoms with Crippen LogP contribution in [0.15, 0.2) is 12.1 Å². The fraction of sp³-hybridized carbons (Fsp3) is 0.571. The Morgan fingerprint density at radius 3 is 2.44 bits per heavy atom. The summed E-state index contributed by atoms with van der Waals surface area (Å²) in [5, 5.41) is 0. The van der Waals surface area contributed by atoms with Gasteiger partial charge in [-0.25, -0.2) is 8.78 Å². The second kappa shape index (κ2) is 5.65. The maximum atomic E-state index is 13.8. The molecule has 0 saturated heterocycles. The molecule has 1 fully saturated rings. The monoisotopic (exact) mass is 255 g/mol. The molecule has 1 aromatic carbocycles. The van der Waals surface area contributed by atoms with Crippen LogP contribution in [0.1, 0.15) is 31.2 Å². The summed E-state index contributed by atoms with van der Waals surface area (Å²) in [6.45, 7) is 0. The minimum atomic E-state index is -0.499. The first-order chi connectivity index (χ1) is 8.60. The SMILES string of the molecule is COc1cc(F)c(CC2CCC(N)CC2)cc1F. The predicted molar refractivity (Wildman–Crippen MR) is 66.5 cm³/mol. The number of benzene rings is 1. The summed E-state index contributed by atoms with van der Waals surface area (Å²) in [4.78, 5) is 0. The Bertz CT molecular complexity index is 415. The van der Waals surface area contributed by atoms with Gasteiger partial charge in [-0.15, -0.1) is 0 Å². The molecule has 4 heteroatoms. The van der Waals surface area contributed by atoms with E-state index < -0.39 is 5.82 Å². The highest BCUT2D eigenvalue weighted by atomic mass is 19.1. The minimum absolute atomic E-state index is 0.0399. The van der Waals surface area contributed by atoms with E-state index in [1.807, 2.05) is 0 Å². The summed E-state index contributed by atoms with van der Waals surface area (Å²) in [5.74, 6) is -0.515. The van der Waals surface area contributed by atoms with Crippen molar-refractivity contribution in [3.63, 3.8) is 0 Å². The third kappa shape index (κ3) is 2.99. The van der Waals surface area contributed by atoms with Crippen molar-refractivity contribution in [2.24, 2.45) is 11.7 Å². The zero-order valence-electron chi connectivity index (χ0n) is 10.6. The van der Waals surface area contributed by atoms with Crippen molar-refractivity contribution < 1.29 is 13.5 Å². The largest absolute Gasteiger partial charge is 0.494 e. The molecule has 2 N–H and O–H groups in total. The highest BCUT2D eigenvalue weighted by Gasteiger charge is 2.21. The van der Waals surface area contributed by atoms with Crippen molar-refractivity contribution in [2.75, 3.05) is 7.11 Å². The minimum Gasteiger partial charge on any atom is -0.494 e. The van der Waals surface area contributed by atoms with Crippen molar-refractivity contribution in [2.45, 2.75) is 38.1 Å². The average molecular weight is 255 g/mol. The second-order valence-electron chi connectivity index (χ2n) is 5.06. The van der Waals surface area contributed by atoms with Crippen LogP contribution in [0.2, 0.25) is 0 Å². The Balaban J connectivity index is 2.07. The topological polar surface area (TPSA) is 35.2 Å². The van der Waals surface area contributed by atoms with Crippen LogP contribution < -0.4 is 10.5 Å². The Labute approximate surface area is 106 Å². The lowest BCUT2D eigenvalue weighted by Crippen LogP contribution is -2.27. The molecule has 1 saturated carbocycles. The number of rotatable bonds is 3. The molecule has 0 radical (unpaired) electrons. The molecule has 0 unspecified atom stereocenters. The third-order valence-electron chi connectivity index (χ3n) is 3.72. The van der Waals surface area contributed by atoms with E-state index >= 15 is 0 Å². The molecule has 0 heterocycles. The van der Waals surface area contributed by atoms with Crippen LogP contribution in [0, 0.1) is 17.6 Å². The average Bonchev–Trinajstić information content (AvgIpc) is 2.36. The zero-order valence-corrected chi connectivity index (χ0v) is 10.6. The van der Waals surface area contributed by atoms with Gasteiger partial charge in [-0.1, -0.05) is 0 Å². The zero-order chi connectivity index (χ0) is 13.1. The molecule has 1 aromatic rings. The van der Waals surface area contributed by atoms with Gasteiger partial charge in [0.2, 0.25) is 0 Å². The van der Waals surface area contributed by atoms with E-state index in [1.165, 1.54) is 13.2 Å². The van der Waals surface area contributed by atoms with E-state index in [-0.39, 0.29) is 17.6 Å². The maximum Gasteiger partial charge on any atom is 0.165 e. The number of nitrogens with two attached hydrogens (primary N) is 1. The molecule has 2 rings (SSSR count). The Morgan fingerprint density at radius 1 is 1.17 bits per heavy atom. The van der Waals surface area contributed by atoms with Crippen LogP contribution >= 0.6 is 0 Å². The van der Waals surface area contributed by atoms with E-state index in [9.17, 15) is 8.78 Å². The number of methoxy groups -OCH3 is 1. The Kier molecular flexibility index (Phi) is 4.17. The van der Waals surface area contributed by atoms with Crippen molar-refractivity contribution in [3.8, 4) is 5.75 Å². The van der Waals surface area contributed by atoms with Gasteiger partial charge < -0.3 is 10.5 Å². The summed E-state index contributed by atoms with van der Waals surface area (Å²) in [5.41, 5.74) is 6.27. The molecular weight excluding hydrogens is 236 g/mol. The van der Waals surface area contributed by atoms with Crippen molar-refractivity contribution >= 4 is 0 Å². The summed E-state index contributed by atoms with van der Waals surface area (Å²) < 4.78 is 32.1. The summed E-state index contributed by atoms with van der Waals surface area (Å²) in [6, 6.07) is 2.65. The maximum absolute atomic E-state index is 13.8. The van der Waals surface area contributed by atoms with Gasteiger partial charge in [0.05, 0.1) is 7.11 Å². The second-order valence-corrected chi connectivity index (χ2v) is 5.06. The first-order valence-corrected chi connectivity index (χ1v) is 6.37. The van der Waals surface area contributed by atoms with Crippen LogP contribution in [-0.4, -0.2) is 13.2 Å². The van der Waals surface area contributed by atoms with Crippen molar-refractivity contribution in [1.82, 2.24) is 0 Å². The molecule has 0 aromatic heterocycles. The molecule has 0 aliphatic heterocycles. The van der Waals surface area contributed by atoms with Crippen LogP contribution in [0.3, 0.4) is 0 Å². The fourth-order valence-corrected chi connectivity index (χ4v) is 2.59. The highest BCUT2D eigenvalue weighted by Crippen LogP contribution is 2.29. The van der Waals surface area contributed by atoms with Gasteiger partial charge in [0, 0.05) is 12.1 Å². The number of ether oxygens (including phenoxy) is 1. The van der Waals surface area contributed by atoms with E-state index in [0.29, 0.717) is 17.9 Å². The van der Waals surface area contributed by atoms with Gasteiger partial charge in [-0.2, -0.15) is 0 Å². The van der Waals surface area contributed by atoms with Gasteiger partial charge >= 0.3 is 0 Å². The van der Waals surface area contributed by atoms with Crippen molar-refractivity contribution in [1.29, 1.82) is 0 Å². The van der Waals surface area contributed by atoms with Crippen LogP contribution in [0.4, 0.5) is 8.78 Å². The Hall–Kier alpha value is -1.16. The number of hydrogen-bond donors (Lipinski definition) is 1. The van der Waals surface area contributed by atoms with Crippen molar-refractivity contribution in [3.05, 3.63) is 29.3 Å². The number of halogens is 2. The molecule has 0 amide bonds.